The summed E-state index contributed by atoms with van der Waals surface area (Å²) in [7, 11) is 0. The first-order valence-corrected chi connectivity index (χ1v) is 6.02. The fraction of sp³-hybridized carbons (Fsp3) is 0.143. The van der Waals surface area contributed by atoms with Gasteiger partial charge < -0.3 is 10.6 Å². The molecule has 0 aliphatic rings. The average Bonchev–Trinajstić information content (AvgIpc) is 2.40. The summed E-state index contributed by atoms with van der Waals surface area (Å²) < 4.78 is 37.8. The van der Waals surface area contributed by atoms with E-state index < -0.39 is 11.7 Å². The summed E-state index contributed by atoms with van der Waals surface area (Å²) in [6.07, 6.45) is -2.96. The van der Waals surface area contributed by atoms with Crippen LogP contribution in [-0.4, -0.2) is 10.9 Å². The molecule has 0 aliphatic carbocycles. The van der Waals surface area contributed by atoms with Gasteiger partial charge in [-0.05, 0) is 30.3 Å². The van der Waals surface area contributed by atoms with Gasteiger partial charge >= 0.3 is 6.18 Å². The largest absolute Gasteiger partial charge is 0.416 e. The van der Waals surface area contributed by atoms with Crippen molar-refractivity contribution in [1.29, 1.82) is 0 Å². The maximum absolute atomic E-state index is 12.6. The highest BCUT2D eigenvalue weighted by molar-refractivity contribution is 5.87. The van der Waals surface area contributed by atoms with Crippen molar-refractivity contribution in [3.05, 3.63) is 48.2 Å². The third kappa shape index (κ3) is 4.20. The SMILES string of the molecule is CC(=O)Nc1ccc(Nc2cccc(C(F)(F)F)c2)cn1. The van der Waals surface area contributed by atoms with Crippen LogP contribution in [0.1, 0.15) is 12.5 Å². The Balaban J connectivity index is 2.13. The van der Waals surface area contributed by atoms with E-state index in [1.807, 2.05) is 0 Å². The van der Waals surface area contributed by atoms with Crippen molar-refractivity contribution >= 4 is 23.1 Å². The molecule has 0 fully saturated rings. The van der Waals surface area contributed by atoms with Gasteiger partial charge in [-0.15, -0.1) is 0 Å². The smallest absolute Gasteiger partial charge is 0.354 e. The van der Waals surface area contributed by atoms with Gasteiger partial charge in [-0.2, -0.15) is 13.2 Å². The van der Waals surface area contributed by atoms with Crippen LogP contribution in [0.3, 0.4) is 0 Å². The predicted molar refractivity (Wildman–Crippen MR) is 73.3 cm³/mol. The molecule has 110 valence electrons. The van der Waals surface area contributed by atoms with Crippen LogP contribution in [0, 0.1) is 0 Å². The van der Waals surface area contributed by atoms with Crippen LogP contribution in [0.4, 0.5) is 30.4 Å². The number of carbonyl (C=O) groups is 1. The molecule has 0 saturated heterocycles. The molecular formula is C14H12F3N3O. The highest BCUT2D eigenvalue weighted by Crippen LogP contribution is 2.31. The van der Waals surface area contributed by atoms with Gasteiger partial charge in [-0.25, -0.2) is 4.98 Å². The first-order chi connectivity index (χ1) is 9.84. The van der Waals surface area contributed by atoms with Gasteiger partial charge in [0, 0.05) is 12.6 Å². The minimum Gasteiger partial charge on any atom is -0.354 e. The van der Waals surface area contributed by atoms with Crippen LogP contribution in [-0.2, 0) is 11.0 Å². The van der Waals surface area contributed by atoms with Crippen molar-refractivity contribution in [2.75, 3.05) is 10.6 Å². The second-order valence-corrected chi connectivity index (χ2v) is 4.32. The lowest BCUT2D eigenvalue weighted by atomic mass is 10.2. The van der Waals surface area contributed by atoms with Gasteiger partial charge in [0.25, 0.3) is 0 Å². The van der Waals surface area contributed by atoms with E-state index in [1.165, 1.54) is 25.3 Å². The second kappa shape index (κ2) is 5.82. The van der Waals surface area contributed by atoms with Crippen LogP contribution < -0.4 is 10.6 Å². The minimum atomic E-state index is -4.38. The number of amides is 1. The predicted octanol–water partition coefficient (Wildman–Crippen LogP) is 3.80. The van der Waals surface area contributed by atoms with Gasteiger partial charge in [-0.3, -0.25) is 4.79 Å². The zero-order chi connectivity index (χ0) is 15.5. The molecular weight excluding hydrogens is 283 g/mol. The maximum atomic E-state index is 12.6. The number of nitrogens with zero attached hydrogens (tertiary/aromatic N) is 1. The maximum Gasteiger partial charge on any atom is 0.416 e. The van der Waals surface area contributed by atoms with Gasteiger partial charge in [0.05, 0.1) is 17.4 Å². The van der Waals surface area contributed by atoms with Crippen LogP contribution in [0.5, 0.6) is 0 Å². The Kier molecular flexibility index (Phi) is 4.11. The summed E-state index contributed by atoms with van der Waals surface area (Å²) in [5.74, 6) is 0.123. The molecule has 7 heteroatoms. The number of carbonyl (C=O) groups excluding carboxylic acids is 1. The molecule has 0 atom stereocenters. The first-order valence-electron chi connectivity index (χ1n) is 6.02. The molecule has 1 aromatic carbocycles. The summed E-state index contributed by atoms with van der Waals surface area (Å²) in [6.45, 7) is 1.36. The Morgan fingerprint density at radius 1 is 1.14 bits per heavy atom. The van der Waals surface area contributed by atoms with E-state index in [4.69, 9.17) is 0 Å². The van der Waals surface area contributed by atoms with Crippen molar-refractivity contribution in [3.63, 3.8) is 0 Å². The van der Waals surface area contributed by atoms with E-state index in [0.717, 1.165) is 12.1 Å². The number of rotatable bonds is 3. The Hall–Kier alpha value is -2.57. The monoisotopic (exact) mass is 295 g/mol. The molecule has 21 heavy (non-hydrogen) atoms. The highest BCUT2D eigenvalue weighted by Gasteiger charge is 2.30. The molecule has 0 radical (unpaired) electrons. The molecule has 4 nitrogen and oxygen atoms in total. The van der Waals surface area contributed by atoms with Gasteiger partial charge in [-0.1, -0.05) is 6.07 Å². The zero-order valence-electron chi connectivity index (χ0n) is 11.0. The Morgan fingerprint density at radius 2 is 1.90 bits per heavy atom. The van der Waals surface area contributed by atoms with Crippen molar-refractivity contribution in [2.24, 2.45) is 0 Å². The number of halogens is 3. The van der Waals surface area contributed by atoms with Crippen molar-refractivity contribution in [2.45, 2.75) is 13.1 Å². The standard InChI is InChI=1S/C14H12F3N3O/c1-9(21)19-13-6-5-12(8-18-13)20-11-4-2-3-10(7-11)14(15,16)17/h2-8,20H,1H3,(H,18,19,21). The van der Waals surface area contributed by atoms with Gasteiger partial charge in [0.1, 0.15) is 5.82 Å². The number of aromatic nitrogens is 1. The lowest BCUT2D eigenvalue weighted by Gasteiger charge is -2.10. The minimum absolute atomic E-state index is 0.249. The van der Waals surface area contributed by atoms with E-state index in [0.29, 0.717) is 17.2 Å². The molecule has 1 heterocycles. The molecule has 0 spiro atoms. The van der Waals surface area contributed by atoms with Crippen LogP contribution >= 0.6 is 0 Å². The quantitative estimate of drug-likeness (QED) is 0.905. The molecule has 2 rings (SSSR count). The Bertz CT molecular complexity index is 639. The fourth-order valence-electron chi connectivity index (χ4n) is 1.66. The Morgan fingerprint density at radius 3 is 2.48 bits per heavy atom. The van der Waals surface area contributed by atoms with Crippen molar-refractivity contribution in [1.82, 2.24) is 4.98 Å². The van der Waals surface area contributed by atoms with E-state index in [2.05, 4.69) is 15.6 Å². The number of benzene rings is 1. The lowest BCUT2D eigenvalue weighted by molar-refractivity contribution is -0.137. The first kappa shape index (κ1) is 14.8. The summed E-state index contributed by atoms with van der Waals surface area (Å²) >= 11 is 0. The average molecular weight is 295 g/mol. The summed E-state index contributed by atoms with van der Waals surface area (Å²) in [5, 5.41) is 5.32. The van der Waals surface area contributed by atoms with Crippen LogP contribution in [0.15, 0.2) is 42.6 Å². The summed E-state index contributed by atoms with van der Waals surface area (Å²) in [5.41, 5.74) is 0.0951. The summed E-state index contributed by atoms with van der Waals surface area (Å²) in [6, 6.07) is 8.03. The van der Waals surface area contributed by atoms with Crippen molar-refractivity contribution < 1.29 is 18.0 Å². The molecule has 2 aromatic rings. The molecule has 0 unspecified atom stereocenters. The van der Waals surface area contributed by atoms with E-state index in [9.17, 15) is 18.0 Å². The number of hydrogen-bond donors (Lipinski definition) is 2. The number of anilines is 3. The van der Waals surface area contributed by atoms with Gasteiger partial charge in [0.15, 0.2) is 0 Å². The third-order valence-corrected chi connectivity index (χ3v) is 2.55. The molecule has 0 aliphatic heterocycles. The topological polar surface area (TPSA) is 54.0 Å². The molecule has 2 N–H and O–H groups in total. The lowest BCUT2D eigenvalue weighted by Crippen LogP contribution is -2.07. The van der Waals surface area contributed by atoms with E-state index >= 15 is 0 Å². The third-order valence-electron chi connectivity index (χ3n) is 2.55. The number of hydrogen-bond acceptors (Lipinski definition) is 3. The Labute approximate surface area is 119 Å². The second-order valence-electron chi connectivity index (χ2n) is 4.32. The van der Waals surface area contributed by atoms with E-state index in [1.54, 1.807) is 12.1 Å². The van der Waals surface area contributed by atoms with Crippen LogP contribution in [0.2, 0.25) is 0 Å². The van der Waals surface area contributed by atoms with E-state index in [-0.39, 0.29) is 5.91 Å². The van der Waals surface area contributed by atoms with Crippen LogP contribution in [0.25, 0.3) is 0 Å². The number of alkyl halides is 3. The fourth-order valence-corrected chi connectivity index (χ4v) is 1.66. The van der Waals surface area contributed by atoms with Gasteiger partial charge in [0.2, 0.25) is 5.91 Å². The molecule has 0 saturated carbocycles. The normalized spacial score (nSPS) is 11.0. The summed E-state index contributed by atoms with van der Waals surface area (Å²) in [4.78, 5) is 14.8. The van der Waals surface area contributed by atoms with Crippen molar-refractivity contribution in [3.8, 4) is 0 Å². The molecule has 0 bridgehead atoms. The number of nitrogens with one attached hydrogen (secondary N) is 2. The number of pyridine rings is 1. The highest BCUT2D eigenvalue weighted by atomic mass is 19.4. The molecule has 1 aromatic heterocycles. The molecule has 1 amide bonds. The zero-order valence-corrected chi connectivity index (χ0v) is 11.0.